The molecule has 0 radical (unpaired) electrons. The summed E-state index contributed by atoms with van der Waals surface area (Å²) in [6, 6.07) is 10.4. The average molecular weight is 371 g/mol. The predicted molar refractivity (Wildman–Crippen MR) is 104 cm³/mol. The van der Waals surface area contributed by atoms with Crippen molar-refractivity contribution in [1.82, 2.24) is 19.5 Å². The van der Waals surface area contributed by atoms with E-state index >= 15 is 0 Å². The number of hydrogen-bond acceptors (Lipinski definition) is 4. The van der Waals surface area contributed by atoms with Gasteiger partial charge in [0.05, 0.1) is 18.5 Å². The maximum absolute atomic E-state index is 6.28. The molecule has 0 amide bonds. The Morgan fingerprint density at radius 2 is 2.15 bits per heavy atom. The second kappa shape index (κ2) is 7.25. The molecule has 4 rings (SSSR count). The first-order chi connectivity index (χ1) is 12.6. The van der Waals surface area contributed by atoms with Crippen LogP contribution in [0.3, 0.4) is 0 Å². The third-order valence-electron chi connectivity index (χ3n) is 5.18. The Morgan fingerprint density at radius 1 is 1.27 bits per heavy atom. The Morgan fingerprint density at radius 3 is 2.92 bits per heavy atom. The van der Waals surface area contributed by atoms with Gasteiger partial charge in [-0.05, 0) is 57.5 Å². The number of hydrogen-bond donors (Lipinski definition) is 0. The lowest BCUT2D eigenvalue weighted by molar-refractivity contribution is 0.227. The van der Waals surface area contributed by atoms with Crippen LogP contribution < -0.4 is 4.74 Å². The van der Waals surface area contributed by atoms with Crippen molar-refractivity contribution in [3.8, 4) is 17.1 Å². The largest absolute Gasteiger partial charge is 0.477 e. The molecule has 0 N–H and O–H groups in total. The van der Waals surface area contributed by atoms with E-state index in [-0.39, 0.29) is 0 Å². The lowest BCUT2D eigenvalue weighted by Gasteiger charge is -2.19. The third kappa shape index (κ3) is 3.41. The highest BCUT2D eigenvalue weighted by molar-refractivity contribution is 6.31. The lowest BCUT2D eigenvalue weighted by atomic mass is 10.1. The Kier molecular flexibility index (Phi) is 4.83. The quantitative estimate of drug-likeness (QED) is 0.674. The molecule has 26 heavy (non-hydrogen) atoms. The molecule has 3 aromatic rings. The van der Waals surface area contributed by atoms with E-state index in [0.29, 0.717) is 18.5 Å². The molecule has 0 aliphatic carbocycles. The highest BCUT2D eigenvalue weighted by atomic mass is 35.5. The molecule has 6 heteroatoms. The second-order valence-corrected chi connectivity index (χ2v) is 7.37. The van der Waals surface area contributed by atoms with Crippen LogP contribution in [0, 0.1) is 6.92 Å². The molecule has 5 nitrogen and oxygen atoms in total. The minimum atomic E-state index is 0.621. The van der Waals surface area contributed by atoms with Crippen molar-refractivity contribution in [2.24, 2.45) is 0 Å². The Balaban J connectivity index is 1.53. The molecule has 0 spiro atoms. The molecule has 1 aromatic carbocycles. The van der Waals surface area contributed by atoms with Gasteiger partial charge in [0.25, 0.3) is 0 Å². The van der Waals surface area contributed by atoms with Crippen LogP contribution in [-0.4, -0.2) is 45.7 Å². The Labute approximate surface area is 158 Å². The monoisotopic (exact) mass is 370 g/mol. The van der Waals surface area contributed by atoms with Gasteiger partial charge in [-0.2, -0.15) is 0 Å². The van der Waals surface area contributed by atoms with Gasteiger partial charge in [0, 0.05) is 22.7 Å². The van der Waals surface area contributed by atoms with Crippen molar-refractivity contribution in [1.29, 1.82) is 0 Å². The number of benzene rings is 1. The molecule has 1 aliphatic rings. The SMILES string of the molecule is Cc1ccc(-c2cnc3ccc(OCCC4CCCN4C)nn23)cc1Cl. The van der Waals surface area contributed by atoms with Crippen LogP contribution >= 0.6 is 11.6 Å². The van der Waals surface area contributed by atoms with Gasteiger partial charge >= 0.3 is 0 Å². The number of likely N-dealkylation sites (tertiary alicyclic amines) is 1. The first-order valence-corrected chi connectivity index (χ1v) is 9.44. The summed E-state index contributed by atoms with van der Waals surface area (Å²) in [6.45, 7) is 3.85. The summed E-state index contributed by atoms with van der Waals surface area (Å²) in [5, 5.41) is 5.36. The summed E-state index contributed by atoms with van der Waals surface area (Å²) in [6.07, 6.45) is 5.39. The summed E-state index contributed by atoms with van der Waals surface area (Å²) in [5.74, 6) is 0.621. The molecule has 1 unspecified atom stereocenters. The number of ether oxygens (including phenoxy) is 1. The van der Waals surface area contributed by atoms with E-state index in [1.165, 1.54) is 19.4 Å². The molecule has 1 atom stereocenters. The van der Waals surface area contributed by atoms with Crippen LogP contribution in [0.2, 0.25) is 5.02 Å². The van der Waals surface area contributed by atoms with E-state index in [1.807, 2.05) is 48.0 Å². The van der Waals surface area contributed by atoms with E-state index in [4.69, 9.17) is 16.3 Å². The fourth-order valence-electron chi connectivity index (χ4n) is 3.53. The fraction of sp³-hybridized carbons (Fsp3) is 0.400. The second-order valence-electron chi connectivity index (χ2n) is 6.96. The van der Waals surface area contributed by atoms with Crippen molar-refractivity contribution < 1.29 is 4.74 Å². The van der Waals surface area contributed by atoms with Crippen LogP contribution in [0.15, 0.2) is 36.5 Å². The molecule has 3 heterocycles. The van der Waals surface area contributed by atoms with E-state index < -0.39 is 0 Å². The topological polar surface area (TPSA) is 42.7 Å². The fourth-order valence-corrected chi connectivity index (χ4v) is 3.71. The zero-order valence-corrected chi connectivity index (χ0v) is 15.9. The van der Waals surface area contributed by atoms with Crippen molar-refractivity contribution in [3.63, 3.8) is 0 Å². The number of imidazole rings is 1. The molecule has 1 saturated heterocycles. The van der Waals surface area contributed by atoms with Gasteiger partial charge in [0.1, 0.15) is 0 Å². The summed E-state index contributed by atoms with van der Waals surface area (Å²) in [5.41, 5.74) is 3.74. The highest BCUT2D eigenvalue weighted by Gasteiger charge is 2.20. The molecular formula is C20H23ClN4O. The zero-order valence-electron chi connectivity index (χ0n) is 15.2. The number of aryl methyl sites for hydroxylation is 1. The summed E-state index contributed by atoms with van der Waals surface area (Å²) in [4.78, 5) is 6.85. The lowest BCUT2D eigenvalue weighted by Crippen LogP contribution is -2.26. The summed E-state index contributed by atoms with van der Waals surface area (Å²) >= 11 is 6.28. The Hall–Kier alpha value is -2.11. The van der Waals surface area contributed by atoms with Crippen LogP contribution in [0.4, 0.5) is 0 Å². The maximum atomic E-state index is 6.28. The molecule has 1 aliphatic heterocycles. The van der Waals surface area contributed by atoms with Gasteiger partial charge in [-0.1, -0.05) is 23.7 Å². The standard InChI is InChI=1S/C20H23ClN4O/c1-14-5-6-15(12-17(14)21)18-13-22-19-7-8-20(23-25(18)19)26-11-9-16-4-3-10-24(16)2/h5-8,12-13,16H,3-4,9-11H2,1-2H3. The first-order valence-electron chi connectivity index (χ1n) is 9.06. The van der Waals surface area contributed by atoms with Crippen molar-refractivity contribution in [3.05, 3.63) is 47.1 Å². The van der Waals surface area contributed by atoms with Crippen molar-refractivity contribution in [2.75, 3.05) is 20.2 Å². The predicted octanol–water partition coefficient (Wildman–Crippen LogP) is 4.22. The van der Waals surface area contributed by atoms with Gasteiger partial charge in [-0.15, -0.1) is 5.10 Å². The van der Waals surface area contributed by atoms with Gasteiger partial charge in [-0.3, -0.25) is 0 Å². The van der Waals surface area contributed by atoms with Gasteiger partial charge in [-0.25, -0.2) is 9.50 Å². The van der Waals surface area contributed by atoms with Crippen molar-refractivity contribution in [2.45, 2.75) is 32.2 Å². The molecule has 136 valence electrons. The van der Waals surface area contributed by atoms with E-state index in [1.54, 1.807) is 0 Å². The van der Waals surface area contributed by atoms with E-state index in [0.717, 1.165) is 33.9 Å². The Bertz CT molecular complexity index is 923. The van der Waals surface area contributed by atoms with Crippen molar-refractivity contribution >= 4 is 17.2 Å². The van der Waals surface area contributed by atoms with E-state index in [2.05, 4.69) is 22.0 Å². The highest BCUT2D eigenvalue weighted by Crippen LogP contribution is 2.26. The molecule has 1 fully saturated rings. The zero-order chi connectivity index (χ0) is 18.1. The molecule has 0 bridgehead atoms. The smallest absolute Gasteiger partial charge is 0.231 e. The van der Waals surface area contributed by atoms with E-state index in [9.17, 15) is 0 Å². The number of halogens is 1. The summed E-state index contributed by atoms with van der Waals surface area (Å²) in [7, 11) is 2.19. The van der Waals surface area contributed by atoms with Crippen LogP contribution in [0.5, 0.6) is 5.88 Å². The van der Waals surface area contributed by atoms with Crippen LogP contribution in [0.1, 0.15) is 24.8 Å². The summed E-state index contributed by atoms with van der Waals surface area (Å²) < 4.78 is 7.73. The van der Waals surface area contributed by atoms with Gasteiger partial charge in [0.15, 0.2) is 5.65 Å². The molecule has 2 aromatic heterocycles. The number of aromatic nitrogens is 3. The number of rotatable bonds is 5. The minimum Gasteiger partial charge on any atom is -0.477 e. The maximum Gasteiger partial charge on any atom is 0.231 e. The number of nitrogens with zero attached hydrogens (tertiary/aromatic N) is 4. The normalized spacial score (nSPS) is 17.9. The molecular weight excluding hydrogens is 348 g/mol. The van der Waals surface area contributed by atoms with Gasteiger partial charge in [0.2, 0.25) is 5.88 Å². The van der Waals surface area contributed by atoms with Crippen LogP contribution in [-0.2, 0) is 0 Å². The molecule has 0 saturated carbocycles. The van der Waals surface area contributed by atoms with Gasteiger partial charge < -0.3 is 9.64 Å². The average Bonchev–Trinajstić information content (AvgIpc) is 3.23. The van der Waals surface area contributed by atoms with Crippen LogP contribution in [0.25, 0.3) is 16.9 Å². The number of fused-ring (bicyclic) bond motifs is 1. The minimum absolute atomic E-state index is 0.621. The first kappa shape index (κ1) is 17.3. The third-order valence-corrected chi connectivity index (χ3v) is 5.59.